The fourth-order valence-corrected chi connectivity index (χ4v) is 2.59. The molecule has 1 aromatic heterocycles. The predicted molar refractivity (Wildman–Crippen MR) is 89.9 cm³/mol. The first-order chi connectivity index (χ1) is 12.1. The molecule has 0 saturated heterocycles. The molecule has 0 spiro atoms. The molecule has 0 aliphatic carbocycles. The molecule has 9 heteroatoms. The second-order valence-electron chi connectivity index (χ2n) is 5.77. The average Bonchev–Trinajstić information content (AvgIpc) is 2.80. The van der Waals surface area contributed by atoms with E-state index in [1.807, 2.05) is 0 Å². The van der Waals surface area contributed by atoms with Gasteiger partial charge < -0.3 is 10.6 Å². The number of aromatic nitrogens is 2. The van der Waals surface area contributed by atoms with Crippen LogP contribution in [0.4, 0.5) is 18.9 Å². The molecule has 0 aliphatic rings. The molecule has 0 saturated carbocycles. The summed E-state index contributed by atoms with van der Waals surface area (Å²) in [6.07, 6.45) is -4.53. The maximum absolute atomic E-state index is 12.6. The SMILES string of the molecule is CNC(=O)c1ccccc1NC(=O)Cc1c(C)nn(CC(F)(F)F)c1C. The fourth-order valence-electron chi connectivity index (χ4n) is 2.59. The Morgan fingerprint density at radius 1 is 1.19 bits per heavy atom. The van der Waals surface area contributed by atoms with Crippen LogP contribution in [-0.2, 0) is 17.8 Å². The number of nitrogens with zero attached hydrogens (tertiary/aromatic N) is 2. The molecule has 6 nitrogen and oxygen atoms in total. The Bertz CT molecular complexity index is 828. The van der Waals surface area contributed by atoms with Gasteiger partial charge in [-0.25, -0.2) is 0 Å². The molecule has 0 atom stereocenters. The Morgan fingerprint density at radius 2 is 1.85 bits per heavy atom. The first-order valence-corrected chi connectivity index (χ1v) is 7.83. The molecule has 26 heavy (non-hydrogen) atoms. The van der Waals surface area contributed by atoms with Crippen LogP contribution in [0.15, 0.2) is 24.3 Å². The minimum atomic E-state index is -4.39. The third-order valence-electron chi connectivity index (χ3n) is 3.87. The number of nitrogens with one attached hydrogen (secondary N) is 2. The van der Waals surface area contributed by atoms with Crippen LogP contribution in [-0.4, -0.2) is 34.8 Å². The van der Waals surface area contributed by atoms with Crippen LogP contribution in [0, 0.1) is 13.8 Å². The molecule has 0 aliphatic heterocycles. The number of aryl methyl sites for hydroxylation is 1. The summed E-state index contributed by atoms with van der Waals surface area (Å²) in [6, 6.07) is 6.47. The standard InChI is InChI=1S/C17H19F3N4O2/c1-10-13(11(2)24(23-10)9-17(18,19)20)8-15(25)22-14-7-5-4-6-12(14)16(26)21-3/h4-7H,8-9H2,1-3H3,(H,21,26)(H,22,25). The number of amides is 2. The van der Waals surface area contributed by atoms with Gasteiger partial charge in [0.25, 0.3) is 5.91 Å². The van der Waals surface area contributed by atoms with Crippen molar-refractivity contribution >= 4 is 17.5 Å². The molecule has 0 unspecified atom stereocenters. The van der Waals surface area contributed by atoms with E-state index in [1.165, 1.54) is 14.0 Å². The molecule has 0 bridgehead atoms. The van der Waals surface area contributed by atoms with Crippen LogP contribution in [0.1, 0.15) is 27.3 Å². The molecule has 1 heterocycles. The lowest BCUT2D eigenvalue weighted by atomic mass is 10.1. The predicted octanol–water partition coefficient (Wildman–Crippen LogP) is 2.60. The zero-order valence-corrected chi connectivity index (χ0v) is 14.6. The van der Waals surface area contributed by atoms with E-state index in [9.17, 15) is 22.8 Å². The lowest BCUT2D eigenvalue weighted by molar-refractivity contribution is -0.143. The molecule has 0 radical (unpaired) electrons. The summed E-state index contributed by atoms with van der Waals surface area (Å²) < 4.78 is 38.6. The highest BCUT2D eigenvalue weighted by atomic mass is 19.4. The number of para-hydroxylation sites is 1. The largest absolute Gasteiger partial charge is 0.408 e. The average molecular weight is 368 g/mol. The molecule has 0 fully saturated rings. The topological polar surface area (TPSA) is 76.0 Å². The molecule has 2 amide bonds. The molecular weight excluding hydrogens is 349 g/mol. The van der Waals surface area contributed by atoms with Crippen molar-refractivity contribution in [3.63, 3.8) is 0 Å². The molecule has 2 rings (SSSR count). The quantitative estimate of drug-likeness (QED) is 0.852. The number of carbonyl (C=O) groups is 2. The lowest BCUT2D eigenvalue weighted by Gasteiger charge is -2.11. The van der Waals surface area contributed by atoms with Crippen molar-refractivity contribution < 1.29 is 22.8 Å². The van der Waals surface area contributed by atoms with Crippen LogP contribution in [0.5, 0.6) is 0 Å². The summed E-state index contributed by atoms with van der Waals surface area (Å²) in [7, 11) is 1.47. The van der Waals surface area contributed by atoms with E-state index in [1.54, 1.807) is 31.2 Å². The maximum Gasteiger partial charge on any atom is 0.408 e. The van der Waals surface area contributed by atoms with Crippen LogP contribution >= 0.6 is 0 Å². The number of hydrogen-bond acceptors (Lipinski definition) is 3. The Kier molecular flexibility index (Phi) is 5.69. The second kappa shape index (κ2) is 7.59. The second-order valence-corrected chi connectivity index (χ2v) is 5.77. The number of hydrogen-bond donors (Lipinski definition) is 2. The van der Waals surface area contributed by atoms with E-state index < -0.39 is 18.6 Å². The van der Waals surface area contributed by atoms with Crippen molar-refractivity contribution in [3.05, 3.63) is 46.8 Å². The van der Waals surface area contributed by atoms with Gasteiger partial charge in [-0.15, -0.1) is 0 Å². The number of benzene rings is 1. The maximum atomic E-state index is 12.6. The Labute approximate surface area is 148 Å². The van der Waals surface area contributed by atoms with E-state index in [0.29, 0.717) is 22.5 Å². The first-order valence-electron chi connectivity index (χ1n) is 7.83. The summed E-state index contributed by atoms with van der Waals surface area (Å²) in [6.45, 7) is 1.84. The van der Waals surface area contributed by atoms with E-state index >= 15 is 0 Å². The summed E-state index contributed by atoms with van der Waals surface area (Å²) in [4.78, 5) is 24.2. The molecule has 1 aromatic carbocycles. The first kappa shape index (κ1) is 19.5. The van der Waals surface area contributed by atoms with Crippen molar-refractivity contribution in [2.24, 2.45) is 0 Å². The highest BCUT2D eigenvalue weighted by molar-refractivity contribution is 6.04. The van der Waals surface area contributed by atoms with E-state index in [4.69, 9.17) is 0 Å². The van der Waals surface area contributed by atoms with Crippen molar-refractivity contribution in [3.8, 4) is 0 Å². The van der Waals surface area contributed by atoms with Crippen LogP contribution < -0.4 is 10.6 Å². The smallest absolute Gasteiger partial charge is 0.355 e. The number of anilines is 1. The Balaban J connectivity index is 2.18. The van der Waals surface area contributed by atoms with Crippen molar-refractivity contribution in [2.75, 3.05) is 12.4 Å². The van der Waals surface area contributed by atoms with E-state index in [-0.39, 0.29) is 18.0 Å². The Morgan fingerprint density at radius 3 is 2.46 bits per heavy atom. The lowest BCUT2D eigenvalue weighted by Crippen LogP contribution is -2.22. The molecular formula is C17H19F3N4O2. The molecule has 140 valence electrons. The zero-order chi connectivity index (χ0) is 19.5. The third-order valence-corrected chi connectivity index (χ3v) is 3.87. The van der Waals surface area contributed by atoms with Gasteiger partial charge in [-0.2, -0.15) is 18.3 Å². The van der Waals surface area contributed by atoms with Crippen molar-refractivity contribution in [1.29, 1.82) is 0 Å². The summed E-state index contributed by atoms with van der Waals surface area (Å²) in [5.74, 6) is -0.801. The van der Waals surface area contributed by atoms with Gasteiger partial charge >= 0.3 is 6.18 Å². The van der Waals surface area contributed by atoms with E-state index in [0.717, 1.165) is 4.68 Å². The highest BCUT2D eigenvalue weighted by Crippen LogP contribution is 2.22. The van der Waals surface area contributed by atoms with Gasteiger partial charge in [-0.05, 0) is 26.0 Å². The van der Waals surface area contributed by atoms with Crippen molar-refractivity contribution in [1.82, 2.24) is 15.1 Å². The fraction of sp³-hybridized carbons (Fsp3) is 0.353. The number of carbonyl (C=O) groups excluding carboxylic acids is 2. The van der Waals surface area contributed by atoms with E-state index in [2.05, 4.69) is 15.7 Å². The third kappa shape index (κ3) is 4.62. The zero-order valence-electron chi connectivity index (χ0n) is 14.6. The van der Waals surface area contributed by atoms with Gasteiger partial charge in [-0.3, -0.25) is 14.3 Å². The van der Waals surface area contributed by atoms with Crippen LogP contribution in [0.3, 0.4) is 0 Å². The summed E-state index contributed by atoms with van der Waals surface area (Å²) in [5.41, 5.74) is 1.71. The van der Waals surface area contributed by atoms with Gasteiger partial charge in [0.05, 0.1) is 23.4 Å². The number of alkyl halides is 3. The highest BCUT2D eigenvalue weighted by Gasteiger charge is 2.30. The van der Waals surface area contributed by atoms with Gasteiger partial charge in [0, 0.05) is 18.3 Å². The van der Waals surface area contributed by atoms with Gasteiger partial charge in [0.2, 0.25) is 5.91 Å². The Hall–Kier alpha value is -2.84. The van der Waals surface area contributed by atoms with Crippen molar-refractivity contribution in [2.45, 2.75) is 33.0 Å². The van der Waals surface area contributed by atoms with Crippen LogP contribution in [0.2, 0.25) is 0 Å². The number of halogens is 3. The van der Waals surface area contributed by atoms with Gasteiger partial charge in [0.15, 0.2) is 0 Å². The molecule has 2 N–H and O–H groups in total. The monoisotopic (exact) mass is 368 g/mol. The van der Waals surface area contributed by atoms with Gasteiger partial charge in [0.1, 0.15) is 6.54 Å². The minimum absolute atomic E-state index is 0.141. The molecule has 2 aromatic rings. The summed E-state index contributed by atoms with van der Waals surface area (Å²) >= 11 is 0. The normalized spacial score (nSPS) is 11.3. The number of rotatable bonds is 5. The van der Waals surface area contributed by atoms with Gasteiger partial charge in [-0.1, -0.05) is 12.1 Å². The van der Waals surface area contributed by atoms with Crippen LogP contribution in [0.25, 0.3) is 0 Å². The summed E-state index contributed by atoms with van der Waals surface area (Å²) in [5, 5.41) is 8.97. The minimum Gasteiger partial charge on any atom is -0.355 e.